The van der Waals surface area contributed by atoms with Gasteiger partial charge in [-0.05, 0) is 30.2 Å². The van der Waals surface area contributed by atoms with E-state index in [9.17, 15) is 5.11 Å². The summed E-state index contributed by atoms with van der Waals surface area (Å²) in [6, 6.07) is 9.87. The van der Waals surface area contributed by atoms with E-state index in [1.165, 1.54) is 0 Å². The van der Waals surface area contributed by atoms with E-state index in [0.717, 1.165) is 16.5 Å². The van der Waals surface area contributed by atoms with E-state index in [1.54, 1.807) is 6.20 Å². The van der Waals surface area contributed by atoms with E-state index < -0.39 is 0 Å². The predicted molar refractivity (Wildman–Crippen MR) is 51.0 cm³/mol. The molecule has 65 valence electrons. The van der Waals surface area contributed by atoms with E-state index in [2.05, 4.69) is 4.98 Å². The van der Waals surface area contributed by atoms with Gasteiger partial charge in [-0.25, -0.2) is 5.11 Å². The largest absolute Gasteiger partial charge is 0.256 e. The Kier molecular flexibility index (Phi) is 2.23. The summed E-state index contributed by atoms with van der Waals surface area (Å²) in [5, 5.41) is 11.5. The van der Waals surface area contributed by atoms with Gasteiger partial charge in [0, 0.05) is 11.6 Å². The summed E-state index contributed by atoms with van der Waals surface area (Å²) >= 11 is 0. The lowest BCUT2D eigenvalue weighted by Crippen LogP contribution is -1.89. The maximum absolute atomic E-state index is 10.4. The molecule has 1 radical (unpaired) electrons. The number of hydrogen-bond acceptors (Lipinski definition) is 1. The smallest absolute Gasteiger partial charge is 0.0862 e. The first-order valence-electron chi connectivity index (χ1n) is 4.32. The van der Waals surface area contributed by atoms with Gasteiger partial charge in [-0.2, -0.15) is 0 Å². The summed E-state index contributed by atoms with van der Waals surface area (Å²) in [6.07, 6.45) is 2.38. The molecule has 1 heterocycles. The molecular weight excluding hydrogens is 162 g/mol. The Morgan fingerprint density at radius 3 is 3.00 bits per heavy atom. The fraction of sp³-hybridized carbons (Fsp3) is 0.182. The highest BCUT2D eigenvalue weighted by atomic mass is 16.2. The molecule has 2 nitrogen and oxygen atoms in total. The van der Waals surface area contributed by atoms with Gasteiger partial charge in [0.2, 0.25) is 0 Å². The van der Waals surface area contributed by atoms with Crippen molar-refractivity contribution in [1.82, 2.24) is 4.98 Å². The molecule has 0 aliphatic carbocycles. The van der Waals surface area contributed by atoms with Crippen LogP contribution < -0.4 is 0 Å². The summed E-state index contributed by atoms with van der Waals surface area (Å²) in [5.74, 6) is 0. The molecule has 2 rings (SSSR count). The molecule has 0 unspecified atom stereocenters. The summed E-state index contributed by atoms with van der Waals surface area (Å²) in [7, 11) is 0. The summed E-state index contributed by atoms with van der Waals surface area (Å²) in [5.41, 5.74) is 2.08. The number of rotatable bonds is 2. The minimum atomic E-state index is -0.0498. The van der Waals surface area contributed by atoms with Crippen LogP contribution in [0.25, 0.3) is 10.9 Å². The van der Waals surface area contributed by atoms with Crippen molar-refractivity contribution in [2.45, 2.75) is 6.42 Å². The van der Waals surface area contributed by atoms with Gasteiger partial charge in [0.1, 0.15) is 0 Å². The van der Waals surface area contributed by atoms with Crippen LogP contribution in [0, 0.1) is 0 Å². The average Bonchev–Trinajstić information content (AvgIpc) is 2.18. The second-order valence-electron chi connectivity index (χ2n) is 2.98. The molecule has 0 saturated carbocycles. The molecule has 13 heavy (non-hydrogen) atoms. The molecule has 0 aliphatic heterocycles. The van der Waals surface area contributed by atoms with Crippen molar-refractivity contribution in [3.05, 3.63) is 42.1 Å². The fourth-order valence-electron chi connectivity index (χ4n) is 1.40. The number of pyridine rings is 1. The Labute approximate surface area is 76.9 Å². The highest BCUT2D eigenvalue weighted by molar-refractivity contribution is 5.78. The standard InChI is InChI=1S/C11H10NO/c13-7-5-9-3-4-11-10(8-9)2-1-6-12-11/h1-4,6,8H,5,7H2. The van der Waals surface area contributed by atoms with Crippen molar-refractivity contribution >= 4 is 10.9 Å². The molecule has 0 fully saturated rings. The fourth-order valence-corrected chi connectivity index (χ4v) is 1.40. The molecule has 0 spiro atoms. The van der Waals surface area contributed by atoms with Crippen molar-refractivity contribution in [1.29, 1.82) is 0 Å². The van der Waals surface area contributed by atoms with Crippen LogP contribution in [0.4, 0.5) is 0 Å². The van der Waals surface area contributed by atoms with Crippen molar-refractivity contribution in [2.24, 2.45) is 0 Å². The molecule has 0 N–H and O–H groups in total. The van der Waals surface area contributed by atoms with Gasteiger partial charge >= 0.3 is 0 Å². The van der Waals surface area contributed by atoms with Gasteiger partial charge in [0.05, 0.1) is 12.1 Å². The number of benzene rings is 1. The van der Waals surface area contributed by atoms with Gasteiger partial charge in [-0.3, -0.25) is 4.98 Å². The van der Waals surface area contributed by atoms with E-state index >= 15 is 0 Å². The Morgan fingerprint density at radius 1 is 1.23 bits per heavy atom. The van der Waals surface area contributed by atoms with Crippen LogP contribution in [-0.4, -0.2) is 11.6 Å². The maximum Gasteiger partial charge on any atom is 0.0862 e. The lowest BCUT2D eigenvalue weighted by atomic mass is 10.1. The Bertz CT molecular complexity index is 412. The zero-order chi connectivity index (χ0) is 9.10. The topological polar surface area (TPSA) is 32.8 Å². The van der Waals surface area contributed by atoms with Crippen LogP contribution in [0.3, 0.4) is 0 Å². The predicted octanol–water partition coefficient (Wildman–Crippen LogP) is 2.21. The number of aromatic nitrogens is 1. The second kappa shape index (κ2) is 3.54. The Hall–Kier alpha value is -1.41. The van der Waals surface area contributed by atoms with Gasteiger partial charge in [0.15, 0.2) is 0 Å². The average molecular weight is 172 g/mol. The molecule has 0 aliphatic rings. The molecule has 2 aromatic rings. The molecule has 0 amide bonds. The van der Waals surface area contributed by atoms with Crippen LogP contribution >= 0.6 is 0 Å². The van der Waals surface area contributed by atoms with Crippen molar-refractivity contribution in [3.63, 3.8) is 0 Å². The first-order valence-corrected chi connectivity index (χ1v) is 4.32. The van der Waals surface area contributed by atoms with Gasteiger partial charge < -0.3 is 0 Å². The minimum Gasteiger partial charge on any atom is -0.256 e. The number of hydrogen-bond donors (Lipinski definition) is 0. The number of nitrogens with zero attached hydrogens (tertiary/aromatic N) is 1. The summed E-state index contributed by atoms with van der Waals surface area (Å²) in [4.78, 5) is 4.20. The highest BCUT2D eigenvalue weighted by Gasteiger charge is 1.95. The van der Waals surface area contributed by atoms with Gasteiger partial charge in [-0.1, -0.05) is 12.1 Å². The third-order valence-electron chi connectivity index (χ3n) is 2.06. The molecular formula is C11H10NO. The van der Waals surface area contributed by atoms with Crippen LogP contribution in [0.5, 0.6) is 0 Å². The van der Waals surface area contributed by atoms with E-state index in [1.807, 2.05) is 30.3 Å². The summed E-state index contributed by atoms with van der Waals surface area (Å²) in [6.45, 7) is -0.0498. The third-order valence-corrected chi connectivity index (χ3v) is 2.06. The van der Waals surface area contributed by atoms with Crippen molar-refractivity contribution in [2.75, 3.05) is 6.61 Å². The molecule has 0 atom stereocenters. The Balaban J connectivity index is 2.49. The maximum atomic E-state index is 10.4. The van der Waals surface area contributed by atoms with Crippen LogP contribution in [0.2, 0.25) is 0 Å². The van der Waals surface area contributed by atoms with E-state index in [4.69, 9.17) is 0 Å². The first kappa shape index (κ1) is 8.20. The van der Waals surface area contributed by atoms with Crippen molar-refractivity contribution in [3.8, 4) is 0 Å². The van der Waals surface area contributed by atoms with Crippen LogP contribution in [-0.2, 0) is 11.5 Å². The van der Waals surface area contributed by atoms with Crippen molar-refractivity contribution < 1.29 is 5.11 Å². The zero-order valence-corrected chi connectivity index (χ0v) is 7.23. The lowest BCUT2D eigenvalue weighted by molar-refractivity contribution is 0.197. The molecule has 0 saturated heterocycles. The monoisotopic (exact) mass is 172 g/mol. The molecule has 0 bridgehead atoms. The molecule has 1 aromatic carbocycles. The SMILES string of the molecule is [O]CCc1ccc2ncccc2c1. The highest BCUT2D eigenvalue weighted by Crippen LogP contribution is 2.13. The summed E-state index contributed by atoms with van der Waals surface area (Å²) < 4.78 is 0. The Morgan fingerprint density at radius 2 is 2.15 bits per heavy atom. The molecule has 2 heteroatoms. The van der Waals surface area contributed by atoms with Crippen LogP contribution in [0.15, 0.2) is 36.5 Å². The lowest BCUT2D eigenvalue weighted by Gasteiger charge is -1.99. The minimum absolute atomic E-state index is 0.0498. The van der Waals surface area contributed by atoms with Crippen LogP contribution in [0.1, 0.15) is 5.56 Å². The van der Waals surface area contributed by atoms with Gasteiger partial charge in [0.25, 0.3) is 0 Å². The van der Waals surface area contributed by atoms with E-state index in [0.29, 0.717) is 6.42 Å². The first-order chi connectivity index (χ1) is 6.40. The zero-order valence-electron chi connectivity index (χ0n) is 7.23. The van der Waals surface area contributed by atoms with E-state index in [-0.39, 0.29) is 6.61 Å². The quantitative estimate of drug-likeness (QED) is 0.683. The second-order valence-corrected chi connectivity index (χ2v) is 2.98. The number of fused-ring (bicyclic) bond motifs is 1. The third kappa shape index (κ3) is 1.68. The normalized spacial score (nSPS) is 10.5. The molecule has 1 aromatic heterocycles. The van der Waals surface area contributed by atoms with Gasteiger partial charge in [-0.15, -0.1) is 0 Å².